The number of pyridine rings is 1. The molecule has 8 heteroatoms. The molecule has 0 spiro atoms. The fraction of sp³-hybridized carbons (Fsp3) is 0.321. The number of aryl methyl sites for hydroxylation is 2. The number of nitrogens with zero attached hydrogens (tertiary/aromatic N) is 3. The maximum Gasteiger partial charge on any atom is 0.256 e. The lowest BCUT2D eigenvalue weighted by Crippen LogP contribution is -2.15. The second-order valence-corrected chi connectivity index (χ2v) is 11.7. The molecule has 1 fully saturated rings. The van der Waals surface area contributed by atoms with Gasteiger partial charge in [0.15, 0.2) is 15.5 Å². The molecule has 1 aliphatic heterocycles. The number of carbonyl (C=O) groups excluding carboxylic acids is 1. The van der Waals surface area contributed by atoms with Gasteiger partial charge in [0.25, 0.3) is 5.91 Å². The number of hydrogen-bond donors (Lipinski definition) is 1. The van der Waals surface area contributed by atoms with E-state index in [0.717, 1.165) is 30.5 Å². The Hall–Kier alpha value is -3.52. The summed E-state index contributed by atoms with van der Waals surface area (Å²) in [7, 11) is -3.11. The number of fused-ring (bicyclic) bond motifs is 1. The molecule has 5 rings (SSSR count). The average molecular weight is 503 g/mol. The summed E-state index contributed by atoms with van der Waals surface area (Å²) in [6.45, 7) is 4.01. The quantitative estimate of drug-likeness (QED) is 0.367. The van der Waals surface area contributed by atoms with Gasteiger partial charge in [-0.25, -0.2) is 18.1 Å². The molecule has 186 valence electrons. The van der Waals surface area contributed by atoms with Gasteiger partial charge in [-0.1, -0.05) is 55.8 Å². The van der Waals surface area contributed by atoms with Crippen molar-refractivity contribution in [3.63, 3.8) is 0 Å². The van der Waals surface area contributed by atoms with Crippen molar-refractivity contribution in [2.75, 3.05) is 16.8 Å². The van der Waals surface area contributed by atoms with Crippen molar-refractivity contribution in [2.24, 2.45) is 0 Å². The van der Waals surface area contributed by atoms with E-state index in [2.05, 4.69) is 17.3 Å². The van der Waals surface area contributed by atoms with Crippen LogP contribution in [0.4, 0.5) is 5.69 Å². The molecule has 1 N–H and O–H groups in total. The van der Waals surface area contributed by atoms with Crippen molar-refractivity contribution in [3.05, 3.63) is 77.5 Å². The zero-order valence-electron chi connectivity index (χ0n) is 20.6. The normalized spacial score (nSPS) is 16.9. The Labute approximate surface area is 211 Å². The zero-order chi connectivity index (χ0) is 25.3. The highest BCUT2D eigenvalue weighted by Crippen LogP contribution is 2.32. The van der Waals surface area contributed by atoms with Crippen LogP contribution in [0.15, 0.2) is 60.7 Å². The summed E-state index contributed by atoms with van der Waals surface area (Å²) in [4.78, 5) is 18.5. The molecule has 2 aromatic carbocycles. The van der Waals surface area contributed by atoms with Gasteiger partial charge in [-0.2, -0.15) is 5.10 Å². The number of unbranched alkanes of at least 4 members (excludes halogenated alkanes) is 1. The molecule has 1 amide bonds. The fourth-order valence-electron chi connectivity index (χ4n) is 4.81. The van der Waals surface area contributed by atoms with Gasteiger partial charge in [0.1, 0.15) is 0 Å². The number of carbonyl (C=O) groups is 1. The van der Waals surface area contributed by atoms with Crippen molar-refractivity contribution in [1.29, 1.82) is 0 Å². The molecule has 7 nitrogen and oxygen atoms in total. The van der Waals surface area contributed by atoms with Gasteiger partial charge < -0.3 is 5.32 Å². The Morgan fingerprint density at radius 2 is 1.86 bits per heavy atom. The van der Waals surface area contributed by atoms with E-state index < -0.39 is 9.84 Å². The van der Waals surface area contributed by atoms with Crippen LogP contribution in [0, 0.1) is 6.92 Å². The Morgan fingerprint density at radius 1 is 1.11 bits per heavy atom. The lowest BCUT2D eigenvalue weighted by molar-refractivity contribution is 0.102. The minimum Gasteiger partial charge on any atom is -0.322 e. The molecule has 0 radical (unpaired) electrons. The van der Waals surface area contributed by atoms with Crippen LogP contribution in [0.1, 0.15) is 53.8 Å². The highest BCUT2D eigenvalue weighted by atomic mass is 32.2. The van der Waals surface area contributed by atoms with Crippen molar-refractivity contribution >= 4 is 32.5 Å². The zero-order valence-corrected chi connectivity index (χ0v) is 21.4. The van der Waals surface area contributed by atoms with E-state index in [1.807, 2.05) is 61.5 Å². The molecule has 4 aromatic rings. The predicted octanol–water partition coefficient (Wildman–Crippen LogP) is 5.36. The molecule has 36 heavy (non-hydrogen) atoms. The largest absolute Gasteiger partial charge is 0.322 e. The van der Waals surface area contributed by atoms with E-state index in [1.165, 1.54) is 5.56 Å². The molecule has 2 aromatic heterocycles. The predicted molar refractivity (Wildman–Crippen MR) is 143 cm³/mol. The van der Waals surface area contributed by atoms with Crippen molar-refractivity contribution in [2.45, 2.75) is 45.6 Å². The monoisotopic (exact) mass is 502 g/mol. The number of amides is 1. The molecule has 3 heterocycles. The highest BCUT2D eigenvalue weighted by Gasteiger charge is 2.32. The van der Waals surface area contributed by atoms with Gasteiger partial charge in [-0.15, -0.1) is 0 Å². The smallest absolute Gasteiger partial charge is 0.256 e. The summed E-state index contributed by atoms with van der Waals surface area (Å²) >= 11 is 0. The van der Waals surface area contributed by atoms with E-state index in [0.29, 0.717) is 34.4 Å². The van der Waals surface area contributed by atoms with E-state index in [9.17, 15) is 13.2 Å². The number of sulfone groups is 1. The number of rotatable bonds is 7. The topological polar surface area (TPSA) is 93.9 Å². The van der Waals surface area contributed by atoms with Crippen LogP contribution in [0.3, 0.4) is 0 Å². The summed E-state index contributed by atoms with van der Waals surface area (Å²) in [5.41, 5.74) is 5.15. The van der Waals surface area contributed by atoms with Crippen molar-refractivity contribution < 1.29 is 13.2 Å². The van der Waals surface area contributed by atoms with E-state index in [-0.39, 0.29) is 23.5 Å². The van der Waals surface area contributed by atoms with Gasteiger partial charge in [-0.3, -0.25) is 4.79 Å². The van der Waals surface area contributed by atoms with E-state index in [1.54, 1.807) is 10.7 Å². The van der Waals surface area contributed by atoms with Gasteiger partial charge >= 0.3 is 0 Å². The van der Waals surface area contributed by atoms with Crippen LogP contribution in [-0.4, -0.2) is 40.6 Å². The molecular weight excluding hydrogens is 472 g/mol. The first-order valence-corrected chi connectivity index (χ1v) is 14.2. The third-order valence-corrected chi connectivity index (χ3v) is 8.49. The van der Waals surface area contributed by atoms with Gasteiger partial charge in [0.2, 0.25) is 0 Å². The lowest BCUT2D eigenvalue weighted by Gasteiger charge is -2.12. The molecule has 1 aliphatic rings. The summed E-state index contributed by atoms with van der Waals surface area (Å²) < 4.78 is 26.1. The SMILES string of the molecule is CCCCc1ccc(NC(=O)c2cc(-c3ccccc3)nc3c2c(C)nn3C2CCS(=O)(=O)C2)cc1. The molecule has 0 bridgehead atoms. The number of anilines is 1. The van der Waals surface area contributed by atoms with Gasteiger partial charge in [0.05, 0.1) is 39.9 Å². The molecule has 1 unspecified atom stereocenters. The number of aromatic nitrogens is 3. The minimum absolute atomic E-state index is 0.0341. The van der Waals surface area contributed by atoms with Crippen LogP contribution in [0.25, 0.3) is 22.3 Å². The Balaban J connectivity index is 1.57. The number of hydrogen-bond acceptors (Lipinski definition) is 5. The van der Waals surface area contributed by atoms with Crippen molar-refractivity contribution in [3.8, 4) is 11.3 Å². The second kappa shape index (κ2) is 9.85. The first-order valence-electron chi connectivity index (χ1n) is 12.4. The fourth-order valence-corrected chi connectivity index (χ4v) is 6.50. The van der Waals surface area contributed by atoms with Crippen LogP contribution in [-0.2, 0) is 16.3 Å². The Kier molecular flexibility index (Phi) is 6.62. The third-order valence-electron chi connectivity index (χ3n) is 6.74. The molecule has 1 saturated heterocycles. The maximum atomic E-state index is 13.6. The summed E-state index contributed by atoms with van der Waals surface area (Å²) in [6.07, 6.45) is 3.78. The summed E-state index contributed by atoms with van der Waals surface area (Å²) in [6, 6.07) is 19.1. The number of nitrogens with one attached hydrogen (secondary N) is 1. The Morgan fingerprint density at radius 3 is 2.53 bits per heavy atom. The minimum atomic E-state index is -3.11. The third kappa shape index (κ3) is 4.91. The standard InChI is InChI=1S/C28H30N4O3S/c1-3-4-8-20-11-13-22(14-12-20)29-28(33)24-17-25(21-9-6-5-7-10-21)30-27-26(24)19(2)31-32(27)23-15-16-36(34,35)18-23/h5-7,9-14,17,23H,3-4,8,15-16,18H2,1-2H3,(H,29,33). The van der Waals surface area contributed by atoms with Crippen LogP contribution in [0.5, 0.6) is 0 Å². The molecule has 0 aliphatic carbocycles. The lowest BCUT2D eigenvalue weighted by atomic mass is 10.0. The summed E-state index contributed by atoms with van der Waals surface area (Å²) in [5.74, 6) is -0.0766. The Bertz CT molecular complexity index is 1510. The van der Waals surface area contributed by atoms with E-state index >= 15 is 0 Å². The maximum absolute atomic E-state index is 13.6. The molecule has 1 atom stereocenters. The van der Waals surface area contributed by atoms with Crippen LogP contribution >= 0.6 is 0 Å². The van der Waals surface area contributed by atoms with Crippen LogP contribution in [0.2, 0.25) is 0 Å². The highest BCUT2D eigenvalue weighted by molar-refractivity contribution is 7.91. The van der Waals surface area contributed by atoms with Gasteiger partial charge in [-0.05, 0) is 49.9 Å². The van der Waals surface area contributed by atoms with Crippen molar-refractivity contribution in [1.82, 2.24) is 14.8 Å². The van der Waals surface area contributed by atoms with E-state index in [4.69, 9.17) is 4.98 Å². The molecular formula is C28H30N4O3S. The first kappa shape index (κ1) is 24.2. The summed E-state index contributed by atoms with van der Waals surface area (Å²) in [5, 5.41) is 8.35. The second-order valence-electron chi connectivity index (χ2n) is 9.46. The average Bonchev–Trinajstić information content (AvgIpc) is 3.42. The van der Waals surface area contributed by atoms with Gasteiger partial charge in [0, 0.05) is 11.3 Å². The van der Waals surface area contributed by atoms with Crippen LogP contribution < -0.4 is 5.32 Å². The molecule has 0 saturated carbocycles. The number of benzene rings is 2. The first-order chi connectivity index (χ1) is 17.3.